The molecular weight excluding hydrogens is 288 g/mol. The van der Waals surface area contributed by atoms with Crippen molar-refractivity contribution in [1.82, 2.24) is 4.90 Å². The van der Waals surface area contributed by atoms with Crippen LogP contribution in [0.15, 0.2) is 4.40 Å². The molecule has 6 heteroatoms. The number of carbonyl (C=O) groups is 1. The summed E-state index contributed by atoms with van der Waals surface area (Å²) in [5, 5.41) is 0. The molecule has 1 heterocycles. The van der Waals surface area contributed by atoms with Crippen LogP contribution in [-0.2, 0) is 16.1 Å². The van der Waals surface area contributed by atoms with Crippen LogP contribution in [0, 0.1) is 0 Å². The Morgan fingerprint density at radius 2 is 1.81 bits per heavy atom. The van der Waals surface area contributed by atoms with E-state index in [9.17, 15) is 9.35 Å². The molecule has 0 spiro atoms. The summed E-state index contributed by atoms with van der Waals surface area (Å²) in [6, 6.07) is 0. The first kappa shape index (κ1) is 18.3. The van der Waals surface area contributed by atoms with E-state index in [4.69, 9.17) is 4.74 Å². The van der Waals surface area contributed by atoms with Crippen molar-refractivity contribution in [2.24, 2.45) is 4.40 Å². The van der Waals surface area contributed by atoms with Gasteiger partial charge in [0.15, 0.2) is 0 Å². The van der Waals surface area contributed by atoms with Gasteiger partial charge in [0.25, 0.3) is 0 Å². The molecule has 0 N–H and O–H groups in total. The van der Waals surface area contributed by atoms with Gasteiger partial charge >= 0.3 is 6.09 Å². The van der Waals surface area contributed by atoms with E-state index in [0.29, 0.717) is 19.5 Å². The summed E-state index contributed by atoms with van der Waals surface area (Å²) in [5.41, 5.74) is 0.461. The van der Waals surface area contributed by atoms with Crippen LogP contribution in [0.4, 0.5) is 4.79 Å². The molecule has 1 aliphatic rings. The van der Waals surface area contributed by atoms with Crippen molar-refractivity contribution in [1.29, 1.82) is 0 Å². The maximum absolute atomic E-state index is 12.1. The molecule has 0 aromatic carbocycles. The zero-order valence-corrected chi connectivity index (χ0v) is 14.9. The molecule has 1 amide bonds. The summed E-state index contributed by atoms with van der Waals surface area (Å²) >= 11 is -1.23. The highest BCUT2D eigenvalue weighted by Crippen LogP contribution is 2.20. The molecule has 1 fully saturated rings. The Morgan fingerprint density at radius 1 is 1.19 bits per heavy atom. The van der Waals surface area contributed by atoms with Crippen LogP contribution in [0.25, 0.3) is 0 Å². The molecule has 0 saturated carbocycles. The molecule has 5 nitrogen and oxygen atoms in total. The van der Waals surface area contributed by atoms with E-state index < -0.39 is 17.0 Å². The second kappa shape index (κ2) is 7.01. The van der Waals surface area contributed by atoms with Gasteiger partial charge < -0.3 is 14.2 Å². The molecule has 1 atom stereocenters. The predicted octanol–water partition coefficient (Wildman–Crippen LogP) is 3.31. The van der Waals surface area contributed by atoms with Crippen LogP contribution in [-0.4, -0.2) is 44.7 Å². The molecule has 1 rings (SSSR count). The van der Waals surface area contributed by atoms with E-state index in [0.717, 1.165) is 18.6 Å². The Kier molecular flexibility index (Phi) is 6.11. The first-order valence-electron chi connectivity index (χ1n) is 7.45. The number of carbonyl (C=O) groups excluding carboxylic acids is 1. The van der Waals surface area contributed by atoms with Crippen molar-refractivity contribution in [3.63, 3.8) is 0 Å². The third-order valence-electron chi connectivity index (χ3n) is 2.95. The number of rotatable bonds is 1. The van der Waals surface area contributed by atoms with Crippen LogP contribution in [0.5, 0.6) is 0 Å². The molecule has 0 bridgehead atoms. The van der Waals surface area contributed by atoms with Gasteiger partial charge in [-0.05, 0) is 54.4 Å². The fourth-order valence-corrected chi connectivity index (χ4v) is 2.52. The van der Waals surface area contributed by atoms with Gasteiger partial charge in [-0.1, -0.05) is 4.40 Å². The highest BCUT2D eigenvalue weighted by molar-refractivity contribution is 7.91. The Labute approximate surface area is 131 Å². The van der Waals surface area contributed by atoms with E-state index in [1.807, 2.05) is 41.5 Å². The number of amides is 1. The van der Waals surface area contributed by atoms with Crippen LogP contribution < -0.4 is 0 Å². The first-order valence-corrected chi connectivity index (χ1v) is 8.56. The van der Waals surface area contributed by atoms with Crippen LogP contribution >= 0.6 is 0 Å². The van der Waals surface area contributed by atoms with Crippen molar-refractivity contribution >= 4 is 23.2 Å². The average molecular weight is 316 g/mol. The smallest absolute Gasteiger partial charge is 0.410 e. The monoisotopic (exact) mass is 316 g/mol. The largest absolute Gasteiger partial charge is 0.591 e. The van der Waals surface area contributed by atoms with Gasteiger partial charge in [0, 0.05) is 19.5 Å². The molecule has 1 saturated heterocycles. The van der Waals surface area contributed by atoms with Gasteiger partial charge in [-0.2, -0.15) is 0 Å². The third-order valence-corrected chi connectivity index (χ3v) is 4.42. The van der Waals surface area contributed by atoms with Gasteiger partial charge in [0.2, 0.25) is 0 Å². The molecule has 0 aromatic heterocycles. The molecular formula is C15H28N2O3S. The van der Waals surface area contributed by atoms with Gasteiger partial charge in [-0.3, -0.25) is 0 Å². The zero-order chi connectivity index (χ0) is 16.3. The van der Waals surface area contributed by atoms with E-state index >= 15 is 0 Å². The lowest BCUT2D eigenvalue weighted by atomic mass is 10.2. The first-order chi connectivity index (χ1) is 9.49. The average Bonchev–Trinajstić information content (AvgIpc) is 2.51. The summed E-state index contributed by atoms with van der Waals surface area (Å²) in [6.07, 6.45) is 2.02. The Balaban J connectivity index is 2.62. The van der Waals surface area contributed by atoms with Gasteiger partial charge in [-0.25, -0.2) is 4.79 Å². The molecule has 21 heavy (non-hydrogen) atoms. The van der Waals surface area contributed by atoms with Crippen molar-refractivity contribution < 1.29 is 14.1 Å². The number of ether oxygens (including phenoxy) is 1. The molecule has 1 unspecified atom stereocenters. The van der Waals surface area contributed by atoms with E-state index in [-0.39, 0.29) is 10.8 Å². The molecule has 0 radical (unpaired) electrons. The minimum absolute atomic E-state index is 0.277. The number of hydrogen-bond donors (Lipinski definition) is 0. The fraction of sp³-hybridized carbons (Fsp3) is 0.867. The van der Waals surface area contributed by atoms with Crippen LogP contribution in [0.1, 0.15) is 60.8 Å². The summed E-state index contributed by atoms with van der Waals surface area (Å²) in [6.45, 7) is 12.6. The van der Waals surface area contributed by atoms with E-state index in [2.05, 4.69) is 4.40 Å². The molecule has 1 aliphatic heterocycles. The normalized spacial score (nSPS) is 21.1. The van der Waals surface area contributed by atoms with Gasteiger partial charge in [-0.15, -0.1) is 0 Å². The van der Waals surface area contributed by atoms with Crippen LogP contribution in [0.2, 0.25) is 0 Å². The maximum atomic E-state index is 12.1. The number of hydrogen-bond acceptors (Lipinski definition) is 4. The quantitative estimate of drug-likeness (QED) is 0.697. The summed E-state index contributed by atoms with van der Waals surface area (Å²) in [4.78, 5) is 13.8. The molecule has 0 aromatic rings. The summed E-state index contributed by atoms with van der Waals surface area (Å²) in [5.74, 6) is 0. The lowest BCUT2D eigenvalue weighted by Gasteiger charge is -2.26. The second-order valence-electron chi connectivity index (χ2n) is 7.34. The zero-order valence-electron chi connectivity index (χ0n) is 14.1. The van der Waals surface area contributed by atoms with Crippen molar-refractivity contribution in [3.05, 3.63) is 0 Å². The highest BCUT2D eigenvalue weighted by Gasteiger charge is 2.29. The lowest BCUT2D eigenvalue weighted by molar-refractivity contribution is 0.0259. The topological polar surface area (TPSA) is 65.0 Å². The van der Waals surface area contributed by atoms with Gasteiger partial charge in [0.05, 0.1) is 5.71 Å². The van der Waals surface area contributed by atoms with Crippen LogP contribution in [0.3, 0.4) is 0 Å². The molecule has 0 aliphatic carbocycles. The third kappa shape index (κ3) is 6.70. The minimum Gasteiger partial charge on any atom is -0.591 e. The number of likely N-dealkylation sites (tertiary alicyclic amines) is 1. The van der Waals surface area contributed by atoms with Crippen molar-refractivity contribution in [2.45, 2.75) is 71.2 Å². The minimum atomic E-state index is -1.23. The summed E-state index contributed by atoms with van der Waals surface area (Å²) in [7, 11) is 0. The SMILES string of the molecule is CC(C)(C)OC(=O)N1CCCC(=N[S+]([O-])C(C)(C)C)CC1. The second-order valence-corrected chi connectivity index (χ2v) is 9.25. The number of nitrogens with zero attached hydrogens (tertiary/aromatic N) is 2. The van der Waals surface area contributed by atoms with Gasteiger partial charge in [0.1, 0.15) is 21.7 Å². The Bertz CT molecular complexity index is 397. The Hall–Kier alpha value is -0.750. The van der Waals surface area contributed by atoms with E-state index in [1.165, 1.54) is 0 Å². The molecule has 122 valence electrons. The summed E-state index contributed by atoms with van der Waals surface area (Å²) < 4.78 is 21.5. The van der Waals surface area contributed by atoms with E-state index in [1.54, 1.807) is 4.90 Å². The highest BCUT2D eigenvalue weighted by atomic mass is 32.2. The van der Waals surface area contributed by atoms with Crippen molar-refractivity contribution in [2.75, 3.05) is 13.1 Å². The maximum Gasteiger partial charge on any atom is 0.410 e. The standard InChI is InChI=1S/C15H28N2O3S/c1-14(2,3)20-13(18)17-10-7-8-12(9-11-17)16-21(19)15(4,5)6/h7-11H2,1-6H3. The van der Waals surface area contributed by atoms with Crippen molar-refractivity contribution in [3.8, 4) is 0 Å². The lowest BCUT2D eigenvalue weighted by Crippen LogP contribution is -2.37. The Morgan fingerprint density at radius 3 is 2.33 bits per heavy atom. The fourth-order valence-electron chi connectivity index (χ4n) is 1.83. The predicted molar refractivity (Wildman–Crippen MR) is 87.0 cm³/mol.